The highest BCUT2D eigenvalue weighted by atomic mass is 32.2. The summed E-state index contributed by atoms with van der Waals surface area (Å²) >= 11 is 1.67. The van der Waals surface area contributed by atoms with Crippen LogP contribution < -0.4 is 11.2 Å². The van der Waals surface area contributed by atoms with Gasteiger partial charge in [-0.05, 0) is 25.4 Å². The third-order valence-corrected chi connectivity index (χ3v) is 3.15. The molecule has 6 heteroatoms. The Morgan fingerprint density at radius 3 is 3.08 bits per heavy atom. The van der Waals surface area contributed by atoms with Crippen LogP contribution >= 0.6 is 11.8 Å². The van der Waals surface area contributed by atoms with E-state index in [9.17, 15) is 0 Å². The number of nitrogens with one attached hydrogen (secondary N) is 1. The zero-order valence-electron chi connectivity index (χ0n) is 7.31. The van der Waals surface area contributed by atoms with Crippen LogP contribution in [0.2, 0.25) is 0 Å². The normalized spacial score (nSPS) is 17.2. The standard InChI is InChI=1S/C7H13N5S/c8-12-5-10-11-7(12)13-2-1-6-3-9-4-6/h5-6,9H,1-4,8H2. The molecule has 0 unspecified atom stereocenters. The second kappa shape index (κ2) is 3.97. The molecule has 0 atom stereocenters. The summed E-state index contributed by atoms with van der Waals surface area (Å²) in [5.74, 6) is 7.48. The molecule has 72 valence electrons. The maximum absolute atomic E-state index is 5.56. The summed E-state index contributed by atoms with van der Waals surface area (Å²) in [7, 11) is 0. The third kappa shape index (κ3) is 2.13. The molecule has 5 nitrogen and oxygen atoms in total. The van der Waals surface area contributed by atoms with Gasteiger partial charge in [-0.25, -0.2) is 4.68 Å². The van der Waals surface area contributed by atoms with E-state index < -0.39 is 0 Å². The molecule has 1 aromatic rings. The zero-order valence-corrected chi connectivity index (χ0v) is 8.13. The molecule has 13 heavy (non-hydrogen) atoms. The lowest BCUT2D eigenvalue weighted by molar-refractivity contribution is 0.341. The third-order valence-electron chi connectivity index (χ3n) is 2.16. The minimum absolute atomic E-state index is 0.798. The van der Waals surface area contributed by atoms with Gasteiger partial charge in [-0.1, -0.05) is 11.8 Å². The average Bonchev–Trinajstić information content (AvgIpc) is 2.42. The molecule has 1 saturated heterocycles. The fourth-order valence-electron chi connectivity index (χ4n) is 1.20. The van der Waals surface area contributed by atoms with Gasteiger partial charge in [0.1, 0.15) is 6.33 Å². The average molecular weight is 199 g/mol. The number of hydrogen-bond donors (Lipinski definition) is 2. The maximum atomic E-state index is 5.56. The fourth-order valence-corrected chi connectivity index (χ4v) is 2.14. The van der Waals surface area contributed by atoms with Gasteiger partial charge in [0.05, 0.1) is 0 Å². The first kappa shape index (κ1) is 8.83. The monoisotopic (exact) mass is 199 g/mol. The Labute approximate surface area is 81.1 Å². The first-order valence-corrected chi connectivity index (χ1v) is 5.33. The van der Waals surface area contributed by atoms with Gasteiger partial charge in [-0.3, -0.25) is 0 Å². The molecule has 2 rings (SSSR count). The van der Waals surface area contributed by atoms with Gasteiger partial charge in [0, 0.05) is 5.75 Å². The topological polar surface area (TPSA) is 68.8 Å². The van der Waals surface area contributed by atoms with Crippen LogP contribution in [0.3, 0.4) is 0 Å². The van der Waals surface area contributed by atoms with Crippen LogP contribution in [0.1, 0.15) is 6.42 Å². The molecule has 2 heterocycles. The van der Waals surface area contributed by atoms with Crippen molar-refractivity contribution < 1.29 is 0 Å². The molecular formula is C7H13N5S. The predicted octanol–water partition coefficient (Wildman–Crippen LogP) is -0.307. The van der Waals surface area contributed by atoms with Crippen LogP contribution in [0.5, 0.6) is 0 Å². The summed E-state index contributed by atoms with van der Waals surface area (Å²) in [4.78, 5) is 0. The molecule has 3 N–H and O–H groups in total. The Morgan fingerprint density at radius 2 is 2.54 bits per heavy atom. The molecule has 0 bridgehead atoms. The molecule has 0 spiro atoms. The second-order valence-electron chi connectivity index (χ2n) is 3.18. The summed E-state index contributed by atoms with van der Waals surface area (Å²) in [6.07, 6.45) is 2.75. The first-order chi connectivity index (χ1) is 6.36. The lowest BCUT2D eigenvalue weighted by Crippen LogP contribution is -2.42. The molecule has 0 radical (unpaired) electrons. The van der Waals surface area contributed by atoms with E-state index in [4.69, 9.17) is 5.84 Å². The summed E-state index contributed by atoms with van der Waals surface area (Å²) < 4.78 is 1.46. The summed E-state index contributed by atoms with van der Waals surface area (Å²) in [6, 6.07) is 0. The van der Waals surface area contributed by atoms with Crippen LogP contribution in [-0.2, 0) is 0 Å². The van der Waals surface area contributed by atoms with E-state index in [-0.39, 0.29) is 0 Å². The molecule has 0 aliphatic carbocycles. The molecule has 0 saturated carbocycles. The number of aromatic nitrogens is 3. The lowest BCUT2D eigenvalue weighted by Gasteiger charge is -2.26. The van der Waals surface area contributed by atoms with E-state index in [2.05, 4.69) is 15.5 Å². The Bertz CT molecular complexity index is 270. The fraction of sp³-hybridized carbons (Fsp3) is 0.714. The number of nitrogen functional groups attached to an aromatic ring is 1. The van der Waals surface area contributed by atoms with E-state index in [1.54, 1.807) is 11.8 Å². The SMILES string of the molecule is Nn1cnnc1SCCC1CNC1. The number of thioether (sulfide) groups is 1. The van der Waals surface area contributed by atoms with Crippen LogP contribution in [0.4, 0.5) is 0 Å². The highest BCUT2D eigenvalue weighted by Gasteiger charge is 2.16. The smallest absolute Gasteiger partial charge is 0.209 e. The van der Waals surface area contributed by atoms with E-state index >= 15 is 0 Å². The van der Waals surface area contributed by atoms with Crippen LogP contribution in [-0.4, -0.2) is 33.7 Å². The first-order valence-electron chi connectivity index (χ1n) is 4.35. The highest BCUT2D eigenvalue weighted by molar-refractivity contribution is 7.99. The lowest BCUT2D eigenvalue weighted by atomic mass is 10.0. The quantitative estimate of drug-likeness (QED) is 0.514. The summed E-state index contributed by atoms with van der Waals surface area (Å²) in [6.45, 7) is 2.33. The zero-order chi connectivity index (χ0) is 9.10. The van der Waals surface area contributed by atoms with Crippen molar-refractivity contribution >= 4 is 11.8 Å². The largest absolute Gasteiger partial charge is 0.336 e. The Morgan fingerprint density at radius 1 is 1.69 bits per heavy atom. The van der Waals surface area contributed by atoms with Crippen LogP contribution in [0, 0.1) is 5.92 Å². The summed E-state index contributed by atoms with van der Waals surface area (Å²) in [5.41, 5.74) is 0. The molecule has 1 fully saturated rings. The Hall–Kier alpha value is -0.750. The van der Waals surface area contributed by atoms with E-state index in [0.717, 1.165) is 29.9 Å². The van der Waals surface area contributed by atoms with Crippen molar-refractivity contribution in [3.05, 3.63) is 6.33 Å². The highest BCUT2D eigenvalue weighted by Crippen LogP contribution is 2.18. The van der Waals surface area contributed by atoms with E-state index in [0.29, 0.717) is 0 Å². The summed E-state index contributed by atoms with van der Waals surface area (Å²) in [5, 5.41) is 11.6. The van der Waals surface area contributed by atoms with E-state index in [1.165, 1.54) is 17.4 Å². The van der Waals surface area contributed by atoms with Gasteiger partial charge in [0.15, 0.2) is 0 Å². The molecule has 0 aromatic carbocycles. The van der Waals surface area contributed by atoms with Crippen molar-refractivity contribution in [2.45, 2.75) is 11.6 Å². The minimum Gasteiger partial charge on any atom is -0.336 e. The van der Waals surface area contributed by atoms with Gasteiger partial charge in [0.2, 0.25) is 5.16 Å². The number of hydrogen-bond acceptors (Lipinski definition) is 5. The van der Waals surface area contributed by atoms with Gasteiger partial charge in [-0.15, -0.1) is 10.2 Å². The van der Waals surface area contributed by atoms with Crippen molar-refractivity contribution in [3.8, 4) is 0 Å². The van der Waals surface area contributed by atoms with Gasteiger partial charge in [0.25, 0.3) is 0 Å². The Balaban J connectivity index is 1.70. The Kier molecular flexibility index (Phi) is 2.70. The molecule has 1 aliphatic rings. The van der Waals surface area contributed by atoms with Gasteiger partial charge >= 0.3 is 0 Å². The number of nitrogens with two attached hydrogens (primary N) is 1. The minimum atomic E-state index is 0.798. The number of nitrogens with zero attached hydrogens (tertiary/aromatic N) is 3. The predicted molar refractivity (Wildman–Crippen MR) is 51.9 cm³/mol. The van der Waals surface area contributed by atoms with E-state index in [1.807, 2.05) is 0 Å². The molecular weight excluding hydrogens is 186 g/mol. The van der Waals surface area contributed by atoms with Crippen LogP contribution in [0.25, 0.3) is 0 Å². The number of rotatable bonds is 4. The molecule has 1 aliphatic heterocycles. The second-order valence-corrected chi connectivity index (χ2v) is 4.24. The molecule has 1 aromatic heterocycles. The maximum Gasteiger partial charge on any atom is 0.209 e. The van der Waals surface area contributed by atoms with Crippen molar-refractivity contribution in [3.63, 3.8) is 0 Å². The van der Waals surface area contributed by atoms with Crippen molar-refractivity contribution in [1.29, 1.82) is 0 Å². The van der Waals surface area contributed by atoms with Gasteiger partial charge in [-0.2, -0.15) is 0 Å². The van der Waals surface area contributed by atoms with Crippen LogP contribution in [0.15, 0.2) is 11.5 Å². The van der Waals surface area contributed by atoms with Crippen molar-refractivity contribution in [1.82, 2.24) is 20.2 Å². The van der Waals surface area contributed by atoms with Gasteiger partial charge < -0.3 is 11.2 Å². The van der Waals surface area contributed by atoms with Crippen molar-refractivity contribution in [2.24, 2.45) is 5.92 Å². The molecule has 0 amide bonds. The van der Waals surface area contributed by atoms with Crippen molar-refractivity contribution in [2.75, 3.05) is 24.7 Å².